The molecule has 0 heterocycles. The molecule has 0 aromatic carbocycles. The van der Waals surface area contributed by atoms with Gasteiger partial charge in [0, 0.05) is 19.2 Å². The maximum Gasteiger partial charge on any atom is 0.0900 e. The molecular formula is C13H28N2O2. The molecule has 1 fully saturated rings. The number of nitrogens with zero attached hydrogens (tertiary/aromatic N) is 1. The van der Waals surface area contributed by atoms with Crippen molar-refractivity contribution in [3.8, 4) is 0 Å². The highest BCUT2D eigenvalue weighted by molar-refractivity contribution is 4.83. The predicted octanol–water partition coefficient (Wildman–Crippen LogP) is 0.833. The lowest BCUT2D eigenvalue weighted by Crippen LogP contribution is -2.46. The average molecular weight is 244 g/mol. The van der Waals surface area contributed by atoms with Gasteiger partial charge in [0.05, 0.1) is 12.7 Å². The van der Waals surface area contributed by atoms with Crippen LogP contribution in [0.3, 0.4) is 0 Å². The molecule has 1 rings (SSSR count). The SMILES string of the molecule is CCOCC(O)CN(C)C1CCCCC1CN. The lowest BCUT2D eigenvalue weighted by molar-refractivity contribution is 0.00831. The van der Waals surface area contributed by atoms with Crippen molar-refractivity contribution >= 4 is 0 Å². The molecule has 0 spiro atoms. The van der Waals surface area contributed by atoms with E-state index in [4.69, 9.17) is 10.5 Å². The van der Waals surface area contributed by atoms with Crippen molar-refractivity contribution in [3.63, 3.8) is 0 Å². The third-order valence-electron chi connectivity index (χ3n) is 3.75. The molecule has 3 unspecified atom stereocenters. The largest absolute Gasteiger partial charge is 0.389 e. The number of rotatable bonds is 7. The fraction of sp³-hybridized carbons (Fsp3) is 1.00. The van der Waals surface area contributed by atoms with Crippen LogP contribution in [0.4, 0.5) is 0 Å². The van der Waals surface area contributed by atoms with Gasteiger partial charge in [-0.05, 0) is 39.3 Å². The van der Waals surface area contributed by atoms with Crippen LogP contribution in [0.1, 0.15) is 32.6 Å². The zero-order valence-corrected chi connectivity index (χ0v) is 11.3. The summed E-state index contributed by atoms with van der Waals surface area (Å²) >= 11 is 0. The van der Waals surface area contributed by atoms with Crippen molar-refractivity contribution in [1.29, 1.82) is 0 Å². The monoisotopic (exact) mass is 244 g/mol. The van der Waals surface area contributed by atoms with Crippen LogP contribution in [-0.4, -0.2) is 55.5 Å². The number of hydrogen-bond acceptors (Lipinski definition) is 4. The van der Waals surface area contributed by atoms with Crippen molar-refractivity contribution in [2.24, 2.45) is 11.7 Å². The smallest absolute Gasteiger partial charge is 0.0900 e. The van der Waals surface area contributed by atoms with Crippen LogP contribution < -0.4 is 5.73 Å². The van der Waals surface area contributed by atoms with E-state index in [2.05, 4.69) is 11.9 Å². The van der Waals surface area contributed by atoms with Gasteiger partial charge in [0.1, 0.15) is 0 Å². The summed E-state index contributed by atoms with van der Waals surface area (Å²) in [5.74, 6) is 0.591. The fourth-order valence-corrected chi connectivity index (χ4v) is 2.82. The van der Waals surface area contributed by atoms with E-state index < -0.39 is 0 Å². The molecule has 0 aromatic rings. The third-order valence-corrected chi connectivity index (χ3v) is 3.75. The Morgan fingerprint density at radius 1 is 1.41 bits per heavy atom. The van der Waals surface area contributed by atoms with Crippen molar-refractivity contribution in [3.05, 3.63) is 0 Å². The van der Waals surface area contributed by atoms with Gasteiger partial charge in [0.15, 0.2) is 0 Å². The molecule has 4 nitrogen and oxygen atoms in total. The molecule has 0 bridgehead atoms. The summed E-state index contributed by atoms with van der Waals surface area (Å²) in [6.45, 7) is 4.48. The standard InChI is InChI=1S/C13H28N2O2/c1-3-17-10-12(16)9-15(2)13-7-5-4-6-11(13)8-14/h11-13,16H,3-10,14H2,1-2H3. The molecule has 1 saturated carbocycles. The lowest BCUT2D eigenvalue weighted by atomic mass is 9.83. The van der Waals surface area contributed by atoms with E-state index >= 15 is 0 Å². The molecule has 17 heavy (non-hydrogen) atoms. The molecule has 0 amide bonds. The molecule has 4 heteroatoms. The van der Waals surface area contributed by atoms with Crippen molar-refractivity contribution < 1.29 is 9.84 Å². The predicted molar refractivity (Wildman–Crippen MR) is 69.9 cm³/mol. The number of aliphatic hydroxyl groups excluding tert-OH is 1. The van der Waals surface area contributed by atoms with Crippen molar-refractivity contribution in [1.82, 2.24) is 4.90 Å². The first kappa shape index (κ1) is 14.9. The van der Waals surface area contributed by atoms with E-state index in [1.165, 1.54) is 25.7 Å². The Morgan fingerprint density at radius 2 is 2.12 bits per heavy atom. The molecule has 1 aliphatic carbocycles. The Hall–Kier alpha value is -0.160. The van der Waals surface area contributed by atoms with E-state index in [-0.39, 0.29) is 6.10 Å². The Bertz CT molecular complexity index is 202. The van der Waals surface area contributed by atoms with Crippen LogP contribution >= 0.6 is 0 Å². The summed E-state index contributed by atoms with van der Waals surface area (Å²) < 4.78 is 5.24. The van der Waals surface area contributed by atoms with Gasteiger partial charge in [0.2, 0.25) is 0 Å². The van der Waals surface area contributed by atoms with Crippen LogP contribution in [0.2, 0.25) is 0 Å². The second-order valence-corrected chi connectivity index (χ2v) is 5.10. The quantitative estimate of drug-likeness (QED) is 0.696. The van der Waals surface area contributed by atoms with Crippen molar-refractivity contribution in [2.45, 2.75) is 44.8 Å². The van der Waals surface area contributed by atoms with E-state index in [0.29, 0.717) is 31.7 Å². The topological polar surface area (TPSA) is 58.7 Å². The number of hydrogen-bond donors (Lipinski definition) is 2. The summed E-state index contributed by atoms with van der Waals surface area (Å²) in [4.78, 5) is 2.26. The highest BCUT2D eigenvalue weighted by Gasteiger charge is 2.28. The Balaban J connectivity index is 2.36. The number of aliphatic hydroxyl groups is 1. The van der Waals surface area contributed by atoms with Gasteiger partial charge in [-0.15, -0.1) is 0 Å². The lowest BCUT2D eigenvalue weighted by Gasteiger charge is -2.38. The zero-order chi connectivity index (χ0) is 12.7. The van der Waals surface area contributed by atoms with E-state index in [9.17, 15) is 5.11 Å². The maximum absolute atomic E-state index is 9.84. The van der Waals surface area contributed by atoms with Crippen LogP contribution in [-0.2, 0) is 4.74 Å². The normalized spacial score (nSPS) is 27.4. The molecule has 102 valence electrons. The minimum atomic E-state index is -0.389. The minimum Gasteiger partial charge on any atom is -0.389 e. The van der Waals surface area contributed by atoms with Gasteiger partial charge in [-0.25, -0.2) is 0 Å². The molecule has 3 atom stereocenters. The molecular weight excluding hydrogens is 216 g/mol. The third kappa shape index (κ3) is 4.92. The van der Waals surface area contributed by atoms with Crippen LogP contribution in [0.5, 0.6) is 0 Å². The maximum atomic E-state index is 9.84. The van der Waals surface area contributed by atoms with Gasteiger partial charge in [-0.2, -0.15) is 0 Å². The van der Waals surface area contributed by atoms with Crippen molar-refractivity contribution in [2.75, 3.05) is 33.4 Å². The summed E-state index contributed by atoms with van der Waals surface area (Å²) in [6, 6.07) is 0.532. The minimum absolute atomic E-state index is 0.389. The molecule has 3 N–H and O–H groups in total. The first-order valence-corrected chi connectivity index (χ1v) is 6.85. The highest BCUT2D eigenvalue weighted by atomic mass is 16.5. The zero-order valence-electron chi connectivity index (χ0n) is 11.3. The summed E-state index contributed by atoms with van der Waals surface area (Å²) in [7, 11) is 2.09. The van der Waals surface area contributed by atoms with Gasteiger partial charge in [0.25, 0.3) is 0 Å². The number of likely N-dealkylation sites (N-methyl/N-ethyl adjacent to an activating group) is 1. The van der Waals surface area contributed by atoms with E-state index in [0.717, 1.165) is 6.54 Å². The summed E-state index contributed by atoms with van der Waals surface area (Å²) in [5.41, 5.74) is 5.83. The molecule has 0 aromatic heterocycles. The first-order valence-electron chi connectivity index (χ1n) is 6.85. The van der Waals surface area contributed by atoms with Crippen LogP contribution in [0.15, 0.2) is 0 Å². The number of ether oxygens (including phenoxy) is 1. The average Bonchev–Trinajstić information content (AvgIpc) is 2.36. The fourth-order valence-electron chi connectivity index (χ4n) is 2.82. The Labute approximate surface area is 105 Å². The van der Waals surface area contributed by atoms with Gasteiger partial charge < -0.3 is 20.5 Å². The second-order valence-electron chi connectivity index (χ2n) is 5.10. The summed E-state index contributed by atoms with van der Waals surface area (Å²) in [5, 5.41) is 9.84. The van der Waals surface area contributed by atoms with Gasteiger partial charge >= 0.3 is 0 Å². The first-order chi connectivity index (χ1) is 8.19. The van der Waals surface area contributed by atoms with Gasteiger partial charge in [-0.3, -0.25) is 0 Å². The molecule has 0 aliphatic heterocycles. The van der Waals surface area contributed by atoms with Gasteiger partial charge in [-0.1, -0.05) is 12.8 Å². The summed E-state index contributed by atoms with van der Waals surface area (Å²) in [6.07, 6.45) is 4.63. The Morgan fingerprint density at radius 3 is 2.76 bits per heavy atom. The second kappa shape index (κ2) is 8.03. The van der Waals surface area contributed by atoms with E-state index in [1.807, 2.05) is 6.92 Å². The molecule has 0 saturated heterocycles. The van der Waals surface area contributed by atoms with E-state index in [1.54, 1.807) is 0 Å². The van der Waals surface area contributed by atoms with Crippen LogP contribution in [0.25, 0.3) is 0 Å². The Kier molecular flexibility index (Phi) is 7.04. The highest BCUT2D eigenvalue weighted by Crippen LogP contribution is 2.27. The molecule has 1 aliphatic rings. The molecule has 0 radical (unpaired) electrons. The van der Waals surface area contributed by atoms with Crippen LogP contribution in [0, 0.1) is 5.92 Å². The number of nitrogens with two attached hydrogens (primary N) is 1.